The molecule has 4 nitrogen and oxygen atoms in total. The second-order valence-corrected chi connectivity index (χ2v) is 3.65. The molecule has 16 heavy (non-hydrogen) atoms. The van der Waals surface area contributed by atoms with Gasteiger partial charge in [0.05, 0.1) is 0 Å². The molecule has 2 aromatic rings. The number of benzene rings is 1. The number of rotatable bonds is 3. The molecular formula is C12H14N4. The molecule has 0 amide bonds. The van der Waals surface area contributed by atoms with Crippen molar-refractivity contribution in [1.29, 1.82) is 0 Å². The van der Waals surface area contributed by atoms with Crippen molar-refractivity contribution in [3.63, 3.8) is 0 Å². The summed E-state index contributed by atoms with van der Waals surface area (Å²) in [5, 5.41) is 0. The van der Waals surface area contributed by atoms with Crippen LogP contribution in [0.15, 0.2) is 42.7 Å². The highest BCUT2D eigenvalue weighted by molar-refractivity contribution is 5.42. The molecule has 0 spiro atoms. The number of anilines is 2. The fourth-order valence-corrected chi connectivity index (χ4v) is 1.52. The largest absolute Gasteiger partial charge is 0.399 e. The topological polar surface area (TPSA) is 55.0 Å². The molecule has 82 valence electrons. The highest BCUT2D eigenvalue weighted by Crippen LogP contribution is 2.11. The van der Waals surface area contributed by atoms with Crippen molar-refractivity contribution in [3.8, 4) is 0 Å². The van der Waals surface area contributed by atoms with Gasteiger partial charge in [0.15, 0.2) is 0 Å². The van der Waals surface area contributed by atoms with Gasteiger partial charge in [-0.05, 0) is 23.8 Å². The SMILES string of the molecule is CN(Cc1cccc(N)c1)c1ncccn1. The smallest absolute Gasteiger partial charge is 0.225 e. The van der Waals surface area contributed by atoms with Crippen LogP contribution < -0.4 is 10.6 Å². The molecule has 0 aliphatic carbocycles. The molecule has 1 aromatic carbocycles. The molecule has 0 saturated heterocycles. The number of hydrogen-bond donors (Lipinski definition) is 1. The zero-order valence-corrected chi connectivity index (χ0v) is 9.17. The molecule has 4 heteroatoms. The summed E-state index contributed by atoms with van der Waals surface area (Å²) >= 11 is 0. The standard InChI is InChI=1S/C12H14N4/c1-16(12-14-6-3-7-15-12)9-10-4-2-5-11(13)8-10/h2-8H,9,13H2,1H3. The summed E-state index contributed by atoms with van der Waals surface area (Å²) in [6.45, 7) is 0.745. The van der Waals surface area contributed by atoms with Crippen molar-refractivity contribution in [1.82, 2.24) is 9.97 Å². The first-order chi connectivity index (χ1) is 7.75. The summed E-state index contributed by atoms with van der Waals surface area (Å²) in [7, 11) is 1.96. The van der Waals surface area contributed by atoms with Gasteiger partial charge >= 0.3 is 0 Å². The third-order valence-corrected chi connectivity index (χ3v) is 2.26. The van der Waals surface area contributed by atoms with E-state index in [2.05, 4.69) is 9.97 Å². The first-order valence-corrected chi connectivity index (χ1v) is 5.08. The maximum atomic E-state index is 5.72. The molecule has 1 aromatic heterocycles. The van der Waals surface area contributed by atoms with Crippen LogP contribution in [0.2, 0.25) is 0 Å². The third kappa shape index (κ3) is 2.48. The lowest BCUT2D eigenvalue weighted by molar-refractivity contribution is 0.867. The van der Waals surface area contributed by atoms with E-state index in [1.165, 1.54) is 0 Å². The molecular weight excluding hydrogens is 200 g/mol. The lowest BCUT2D eigenvalue weighted by Crippen LogP contribution is -2.18. The van der Waals surface area contributed by atoms with Gasteiger partial charge < -0.3 is 10.6 Å². The Kier molecular flexibility index (Phi) is 3.00. The third-order valence-electron chi connectivity index (χ3n) is 2.26. The number of aromatic nitrogens is 2. The number of nitrogen functional groups attached to an aromatic ring is 1. The van der Waals surface area contributed by atoms with Gasteiger partial charge in [-0.2, -0.15) is 0 Å². The lowest BCUT2D eigenvalue weighted by Gasteiger charge is -2.16. The van der Waals surface area contributed by atoms with Crippen molar-refractivity contribution in [2.24, 2.45) is 0 Å². The summed E-state index contributed by atoms with van der Waals surface area (Å²) in [5.41, 5.74) is 7.65. The summed E-state index contributed by atoms with van der Waals surface area (Å²) in [4.78, 5) is 10.3. The Bertz CT molecular complexity index is 456. The number of nitrogens with two attached hydrogens (primary N) is 1. The molecule has 0 atom stereocenters. The van der Waals surface area contributed by atoms with Gasteiger partial charge in [0.25, 0.3) is 0 Å². The zero-order chi connectivity index (χ0) is 11.4. The van der Waals surface area contributed by atoms with Crippen LogP contribution >= 0.6 is 0 Å². The Morgan fingerprint density at radius 3 is 2.62 bits per heavy atom. The summed E-state index contributed by atoms with van der Waals surface area (Å²) < 4.78 is 0. The molecule has 2 rings (SSSR count). The van der Waals surface area contributed by atoms with Crippen molar-refractivity contribution >= 4 is 11.6 Å². The highest BCUT2D eigenvalue weighted by Gasteiger charge is 2.03. The van der Waals surface area contributed by atoms with Crippen LogP contribution in [0.3, 0.4) is 0 Å². The van der Waals surface area contributed by atoms with E-state index in [-0.39, 0.29) is 0 Å². The predicted octanol–water partition coefficient (Wildman–Crippen LogP) is 1.70. The second-order valence-electron chi connectivity index (χ2n) is 3.65. The average molecular weight is 214 g/mol. The van der Waals surface area contributed by atoms with Gasteiger partial charge in [-0.15, -0.1) is 0 Å². The van der Waals surface area contributed by atoms with E-state index in [0.717, 1.165) is 17.8 Å². The van der Waals surface area contributed by atoms with E-state index >= 15 is 0 Å². The number of nitrogens with zero attached hydrogens (tertiary/aromatic N) is 3. The van der Waals surface area contributed by atoms with E-state index in [9.17, 15) is 0 Å². The van der Waals surface area contributed by atoms with Crippen LogP contribution in [0.1, 0.15) is 5.56 Å². The highest BCUT2D eigenvalue weighted by atomic mass is 15.2. The lowest BCUT2D eigenvalue weighted by atomic mass is 10.2. The molecule has 0 fully saturated rings. The Morgan fingerprint density at radius 1 is 1.19 bits per heavy atom. The monoisotopic (exact) mass is 214 g/mol. The minimum absolute atomic E-state index is 0.713. The van der Waals surface area contributed by atoms with E-state index in [1.807, 2.05) is 36.2 Å². The van der Waals surface area contributed by atoms with Gasteiger partial charge in [0, 0.05) is 31.7 Å². The van der Waals surface area contributed by atoms with Gasteiger partial charge in [-0.1, -0.05) is 12.1 Å². The summed E-state index contributed by atoms with van der Waals surface area (Å²) in [6.07, 6.45) is 3.47. The molecule has 1 heterocycles. The van der Waals surface area contributed by atoms with Crippen LogP contribution in [0.25, 0.3) is 0 Å². The first kappa shape index (κ1) is 10.4. The van der Waals surface area contributed by atoms with Gasteiger partial charge in [-0.3, -0.25) is 0 Å². The van der Waals surface area contributed by atoms with Crippen LogP contribution in [0.5, 0.6) is 0 Å². The Labute approximate surface area is 94.8 Å². The van der Waals surface area contributed by atoms with E-state index in [0.29, 0.717) is 5.95 Å². The Hall–Kier alpha value is -2.10. The Balaban J connectivity index is 2.11. The minimum atomic E-state index is 0.713. The van der Waals surface area contributed by atoms with Gasteiger partial charge in [0.2, 0.25) is 5.95 Å². The maximum absolute atomic E-state index is 5.72. The summed E-state index contributed by atoms with van der Waals surface area (Å²) in [5.74, 6) is 0.713. The molecule has 0 unspecified atom stereocenters. The fourth-order valence-electron chi connectivity index (χ4n) is 1.52. The molecule has 0 saturated carbocycles. The van der Waals surface area contributed by atoms with E-state index < -0.39 is 0 Å². The summed E-state index contributed by atoms with van der Waals surface area (Å²) in [6, 6.07) is 9.62. The minimum Gasteiger partial charge on any atom is -0.399 e. The van der Waals surface area contributed by atoms with E-state index in [1.54, 1.807) is 18.5 Å². The number of hydrogen-bond acceptors (Lipinski definition) is 4. The Morgan fingerprint density at radius 2 is 1.94 bits per heavy atom. The normalized spacial score (nSPS) is 10.1. The van der Waals surface area contributed by atoms with Crippen molar-refractivity contribution in [3.05, 3.63) is 48.3 Å². The molecule has 0 aliphatic rings. The van der Waals surface area contributed by atoms with E-state index in [4.69, 9.17) is 5.73 Å². The maximum Gasteiger partial charge on any atom is 0.225 e. The fraction of sp³-hybridized carbons (Fsp3) is 0.167. The molecule has 0 radical (unpaired) electrons. The zero-order valence-electron chi connectivity index (χ0n) is 9.17. The van der Waals surface area contributed by atoms with Crippen LogP contribution in [0, 0.1) is 0 Å². The van der Waals surface area contributed by atoms with Crippen LogP contribution in [0.4, 0.5) is 11.6 Å². The van der Waals surface area contributed by atoms with Crippen molar-refractivity contribution in [2.75, 3.05) is 17.7 Å². The first-order valence-electron chi connectivity index (χ1n) is 5.08. The predicted molar refractivity (Wildman–Crippen MR) is 65.0 cm³/mol. The quantitative estimate of drug-likeness (QED) is 0.790. The second kappa shape index (κ2) is 4.61. The van der Waals surface area contributed by atoms with Crippen LogP contribution in [-0.4, -0.2) is 17.0 Å². The molecule has 0 aliphatic heterocycles. The van der Waals surface area contributed by atoms with Crippen molar-refractivity contribution in [2.45, 2.75) is 6.54 Å². The van der Waals surface area contributed by atoms with Gasteiger partial charge in [0.1, 0.15) is 0 Å². The van der Waals surface area contributed by atoms with Crippen molar-refractivity contribution < 1.29 is 0 Å². The molecule has 0 bridgehead atoms. The average Bonchev–Trinajstić information content (AvgIpc) is 2.30. The van der Waals surface area contributed by atoms with Crippen LogP contribution in [-0.2, 0) is 6.54 Å². The molecule has 2 N–H and O–H groups in total. The van der Waals surface area contributed by atoms with Gasteiger partial charge in [-0.25, -0.2) is 9.97 Å².